The average molecular weight is 328 g/mol. The first-order valence-corrected chi connectivity index (χ1v) is 7.82. The van der Waals surface area contributed by atoms with Gasteiger partial charge in [0.2, 0.25) is 0 Å². The van der Waals surface area contributed by atoms with Crippen LogP contribution < -0.4 is 5.32 Å². The highest BCUT2D eigenvalue weighted by atomic mass is 79.9. The molecule has 0 aliphatic heterocycles. The molecular weight excluding hydrogens is 310 g/mol. The molecule has 18 heavy (non-hydrogen) atoms. The van der Waals surface area contributed by atoms with E-state index in [0.29, 0.717) is 6.04 Å². The maximum absolute atomic E-state index is 4.54. The Kier molecular flexibility index (Phi) is 4.59. The van der Waals surface area contributed by atoms with Crippen molar-refractivity contribution in [2.75, 3.05) is 7.05 Å². The smallest absolute Gasteiger partial charge is 0.0738 e. The minimum absolute atomic E-state index is 0.342. The maximum Gasteiger partial charge on any atom is 0.0738 e. The summed E-state index contributed by atoms with van der Waals surface area (Å²) in [5, 5.41) is 12.3. The van der Waals surface area contributed by atoms with Crippen molar-refractivity contribution >= 4 is 27.3 Å². The van der Waals surface area contributed by atoms with Gasteiger partial charge in [0.15, 0.2) is 0 Å². The Balaban J connectivity index is 2.27. The van der Waals surface area contributed by atoms with Gasteiger partial charge in [-0.15, -0.1) is 0 Å². The van der Waals surface area contributed by atoms with Crippen LogP contribution >= 0.6 is 27.3 Å². The van der Waals surface area contributed by atoms with Crippen LogP contribution in [0, 0.1) is 6.92 Å². The van der Waals surface area contributed by atoms with Crippen LogP contribution in [0.15, 0.2) is 21.3 Å². The Hall–Kier alpha value is -0.650. The maximum atomic E-state index is 4.54. The summed E-state index contributed by atoms with van der Waals surface area (Å²) in [6.45, 7) is 5.07. The molecule has 1 unspecified atom stereocenters. The second-order valence-electron chi connectivity index (χ2n) is 4.26. The summed E-state index contributed by atoms with van der Waals surface area (Å²) < 4.78 is 3.22. The van der Waals surface area contributed by atoms with Crippen LogP contribution in [0.3, 0.4) is 0 Å². The van der Waals surface area contributed by atoms with Gasteiger partial charge in [0, 0.05) is 19.0 Å². The number of thiophene rings is 1. The van der Waals surface area contributed by atoms with Crippen molar-refractivity contribution in [3.8, 4) is 0 Å². The third-order valence-corrected chi connectivity index (χ3v) is 4.88. The molecule has 5 heteroatoms. The molecule has 0 amide bonds. The van der Waals surface area contributed by atoms with Crippen LogP contribution in [0.5, 0.6) is 0 Å². The van der Waals surface area contributed by atoms with Gasteiger partial charge in [-0.2, -0.15) is 16.4 Å². The van der Waals surface area contributed by atoms with Crippen LogP contribution in [0.2, 0.25) is 0 Å². The van der Waals surface area contributed by atoms with Crippen molar-refractivity contribution in [1.82, 2.24) is 15.1 Å². The highest BCUT2D eigenvalue weighted by Crippen LogP contribution is 2.27. The minimum Gasteiger partial charge on any atom is -0.313 e. The molecule has 98 valence electrons. The largest absolute Gasteiger partial charge is 0.313 e. The summed E-state index contributed by atoms with van der Waals surface area (Å²) in [6.07, 6.45) is 0.947. The fourth-order valence-corrected chi connectivity index (χ4v) is 3.28. The van der Waals surface area contributed by atoms with Crippen molar-refractivity contribution in [3.63, 3.8) is 0 Å². The lowest BCUT2D eigenvalue weighted by Crippen LogP contribution is -2.20. The second kappa shape index (κ2) is 5.99. The van der Waals surface area contributed by atoms with E-state index >= 15 is 0 Å². The summed E-state index contributed by atoms with van der Waals surface area (Å²) in [7, 11) is 2.01. The van der Waals surface area contributed by atoms with E-state index in [1.807, 2.05) is 14.0 Å². The molecule has 3 nitrogen and oxygen atoms in total. The number of hydrogen-bond acceptors (Lipinski definition) is 3. The van der Waals surface area contributed by atoms with Gasteiger partial charge < -0.3 is 5.32 Å². The van der Waals surface area contributed by atoms with Gasteiger partial charge in [-0.25, -0.2) is 0 Å². The quantitative estimate of drug-likeness (QED) is 0.910. The van der Waals surface area contributed by atoms with Crippen LogP contribution in [0.1, 0.15) is 29.9 Å². The van der Waals surface area contributed by atoms with Crippen LogP contribution in [-0.4, -0.2) is 16.8 Å². The highest BCUT2D eigenvalue weighted by Gasteiger charge is 2.18. The van der Waals surface area contributed by atoms with Gasteiger partial charge in [0.1, 0.15) is 0 Å². The monoisotopic (exact) mass is 327 g/mol. The fourth-order valence-electron chi connectivity index (χ4n) is 2.12. The molecular formula is C13H18BrN3S. The molecule has 2 aromatic rings. The number of nitrogens with zero attached hydrogens (tertiary/aromatic N) is 2. The molecule has 1 atom stereocenters. The first-order valence-electron chi connectivity index (χ1n) is 6.08. The molecule has 0 aliphatic rings. The number of rotatable bonds is 5. The van der Waals surface area contributed by atoms with E-state index in [0.717, 1.165) is 23.1 Å². The van der Waals surface area contributed by atoms with Crippen molar-refractivity contribution in [3.05, 3.63) is 38.3 Å². The van der Waals surface area contributed by atoms with Gasteiger partial charge in [0.05, 0.1) is 15.9 Å². The van der Waals surface area contributed by atoms with E-state index in [2.05, 4.69) is 54.8 Å². The molecule has 0 saturated heterocycles. The van der Waals surface area contributed by atoms with Crippen molar-refractivity contribution in [2.45, 2.75) is 32.9 Å². The molecule has 2 rings (SSSR count). The predicted octanol–water partition coefficient (Wildman–Crippen LogP) is 3.54. The third kappa shape index (κ3) is 2.68. The summed E-state index contributed by atoms with van der Waals surface area (Å²) >= 11 is 5.39. The van der Waals surface area contributed by atoms with Gasteiger partial charge in [-0.05, 0) is 59.2 Å². The third-order valence-electron chi connectivity index (χ3n) is 3.14. The van der Waals surface area contributed by atoms with Crippen molar-refractivity contribution in [1.29, 1.82) is 0 Å². The Morgan fingerprint density at radius 2 is 2.33 bits per heavy atom. The van der Waals surface area contributed by atoms with Gasteiger partial charge >= 0.3 is 0 Å². The molecule has 0 spiro atoms. The van der Waals surface area contributed by atoms with Crippen molar-refractivity contribution in [2.24, 2.45) is 0 Å². The van der Waals surface area contributed by atoms with Crippen LogP contribution in [0.25, 0.3) is 0 Å². The Bertz CT molecular complexity index is 505. The lowest BCUT2D eigenvalue weighted by molar-refractivity contribution is 0.541. The van der Waals surface area contributed by atoms with E-state index in [9.17, 15) is 0 Å². The lowest BCUT2D eigenvalue weighted by Gasteiger charge is -2.16. The first-order chi connectivity index (χ1) is 8.67. The topological polar surface area (TPSA) is 29.9 Å². The number of likely N-dealkylation sites (N-methyl/N-ethyl adjacent to an activating group) is 1. The highest BCUT2D eigenvalue weighted by molar-refractivity contribution is 9.10. The second-order valence-corrected chi connectivity index (χ2v) is 5.84. The Labute approximate surface area is 120 Å². The van der Waals surface area contributed by atoms with E-state index < -0.39 is 0 Å². The molecule has 0 aromatic carbocycles. The first kappa shape index (κ1) is 13.8. The number of aryl methyl sites for hydroxylation is 2. The predicted molar refractivity (Wildman–Crippen MR) is 80.2 cm³/mol. The normalized spacial score (nSPS) is 12.9. The summed E-state index contributed by atoms with van der Waals surface area (Å²) in [5.41, 5.74) is 3.67. The lowest BCUT2D eigenvalue weighted by atomic mass is 10.1. The van der Waals surface area contributed by atoms with Crippen LogP contribution in [0.4, 0.5) is 0 Å². The molecule has 0 aliphatic carbocycles. The fraction of sp³-hybridized carbons (Fsp3) is 0.462. The summed E-state index contributed by atoms with van der Waals surface area (Å²) in [4.78, 5) is 0. The van der Waals surface area contributed by atoms with Crippen molar-refractivity contribution < 1.29 is 0 Å². The molecule has 2 heterocycles. The zero-order valence-corrected chi connectivity index (χ0v) is 13.3. The zero-order valence-electron chi connectivity index (χ0n) is 10.9. The number of nitrogens with one attached hydrogen (secondary N) is 1. The van der Waals surface area contributed by atoms with Gasteiger partial charge in [-0.1, -0.05) is 0 Å². The molecule has 2 aromatic heterocycles. The minimum atomic E-state index is 0.342. The number of hydrogen-bond donors (Lipinski definition) is 1. The van der Waals surface area contributed by atoms with E-state index in [-0.39, 0.29) is 0 Å². The van der Waals surface area contributed by atoms with E-state index in [4.69, 9.17) is 0 Å². The van der Waals surface area contributed by atoms with Gasteiger partial charge in [-0.3, -0.25) is 4.68 Å². The van der Waals surface area contributed by atoms with E-state index in [1.54, 1.807) is 11.3 Å². The standard InChI is InChI=1S/C13H18BrN3S/c1-4-17-12(13(14)9(2)16-17)7-11(15-3)10-5-6-18-8-10/h5-6,8,11,15H,4,7H2,1-3H3. The summed E-state index contributed by atoms with van der Waals surface area (Å²) in [5.74, 6) is 0. The molecule has 0 fully saturated rings. The molecule has 0 bridgehead atoms. The average Bonchev–Trinajstić information content (AvgIpc) is 2.98. The number of halogens is 1. The molecule has 1 N–H and O–H groups in total. The molecule has 0 radical (unpaired) electrons. The Morgan fingerprint density at radius 3 is 2.89 bits per heavy atom. The van der Waals surface area contributed by atoms with Gasteiger partial charge in [0.25, 0.3) is 0 Å². The number of aromatic nitrogens is 2. The van der Waals surface area contributed by atoms with E-state index in [1.165, 1.54) is 11.3 Å². The zero-order chi connectivity index (χ0) is 13.1. The van der Waals surface area contributed by atoms with Crippen LogP contribution in [-0.2, 0) is 13.0 Å². The summed E-state index contributed by atoms with van der Waals surface area (Å²) in [6, 6.07) is 2.52. The Morgan fingerprint density at radius 1 is 1.56 bits per heavy atom. The molecule has 0 saturated carbocycles. The SMILES string of the molecule is CCn1nc(C)c(Br)c1CC(NC)c1ccsc1.